The van der Waals surface area contributed by atoms with Gasteiger partial charge in [0, 0.05) is 20.8 Å². The molecule has 2 heterocycles. The average Bonchev–Trinajstić information content (AvgIpc) is 2.85. The van der Waals surface area contributed by atoms with Gasteiger partial charge in [-0.2, -0.15) is 5.10 Å². The van der Waals surface area contributed by atoms with Crippen LogP contribution in [0.5, 0.6) is 0 Å². The van der Waals surface area contributed by atoms with E-state index in [1.54, 1.807) is 0 Å². The maximum Gasteiger partial charge on any atom is 0.303 e. The number of hydrogen-bond acceptors (Lipinski definition) is 10. The lowest BCUT2D eigenvalue weighted by atomic mass is 10.1. The van der Waals surface area contributed by atoms with E-state index in [1.165, 1.54) is 27.7 Å². The van der Waals surface area contributed by atoms with Crippen molar-refractivity contribution in [3.8, 4) is 0 Å². The van der Waals surface area contributed by atoms with Crippen LogP contribution in [0, 0.1) is 11.7 Å². The van der Waals surface area contributed by atoms with Crippen LogP contribution in [0.15, 0.2) is 4.79 Å². The molecule has 1 saturated heterocycles. The fourth-order valence-electron chi connectivity index (χ4n) is 2.56. The zero-order valence-electron chi connectivity index (χ0n) is 15.1. The topological polar surface area (TPSA) is 139 Å². The van der Waals surface area contributed by atoms with E-state index in [4.69, 9.17) is 31.2 Å². The minimum absolute atomic E-state index is 0.0811. The van der Waals surface area contributed by atoms with Crippen molar-refractivity contribution in [1.29, 1.82) is 0 Å². The molecule has 1 aliphatic heterocycles. The van der Waals surface area contributed by atoms with Gasteiger partial charge >= 0.3 is 17.9 Å². The highest BCUT2D eigenvalue weighted by Gasteiger charge is 2.51. The van der Waals surface area contributed by atoms with Crippen LogP contribution in [0.3, 0.4) is 0 Å². The predicted molar refractivity (Wildman–Crippen MR) is 90.1 cm³/mol. The molecule has 12 heteroatoms. The Balaban J connectivity index is 2.47. The number of carbonyl (C=O) groups excluding carboxylic acids is 3. The molecule has 0 saturated carbocycles. The van der Waals surface area contributed by atoms with E-state index in [9.17, 15) is 19.2 Å². The number of H-pyrrole nitrogens is 1. The first-order valence-corrected chi connectivity index (χ1v) is 8.34. The van der Waals surface area contributed by atoms with Crippen LogP contribution in [0.2, 0.25) is 0 Å². The Hall–Kier alpha value is -2.60. The summed E-state index contributed by atoms with van der Waals surface area (Å²) in [6.07, 6.45) is -4.26. The van der Waals surface area contributed by atoms with Crippen LogP contribution in [0.1, 0.15) is 32.7 Å². The van der Waals surface area contributed by atoms with Gasteiger partial charge < -0.3 is 18.9 Å². The van der Waals surface area contributed by atoms with Crippen LogP contribution in [0.4, 0.5) is 0 Å². The van der Waals surface area contributed by atoms with Crippen LogP contribution in [-0.4, -0.2) is 57.6 Å². The molecular weight excluding hydrogens is 382 g/mol. The van der Waals surface area contributed by atoms with Gasteiger partial charge in [-0.05, 0) is 19.1 Å². The van der Waals surface area contributed by atoms with E-state index in [0.717, 1.165) is 4.68 Å². The maximum atomic E-state index is 11.7. The van der Waals surface area contributed by atoms with E-state index in [1.807, 2.05) is 0 Å². The van der Waals surface area contributed by atoms with E-state index in [-0.39, 0.29) is 17.1 Å². The van der Waals surface area contributed by atoms with Crippen LogP contribution in [-0.2, 0) is 33.3 Å². The summed E-state index contributed by atoms with van der Waals surface area (Å²) < 4.78 is 22.3. The van der Waals surface area contributed by atoms with Crippen LogP contribution < -0.4 is 5.56 Å². The van der Waals surface area contributed by atoms with Crippen LogP contribution >= 0.6 is 12.2 Å². The number of carbonyl (C=O) groups is 3. The first-order valence-electron chi connectivity index (χ1n) is 7.93. The highest BCUT2D eigenvalue weighted by molar-refractivity contribution is 7.71. The standard InChI is InChI=1S/C15H19N3O8S/c1-6-13(22)16-15(27)18(17-6)14-12(25-9(4)21)11(24-8(3)20)10(26-14)5-23-7(2)19/h10-12,14H,5H2,1-4H3,(H,16,22,27)/t10-,11-,12-,14-/m1/s1. The molecule has 0 unspecified atom stereocenters. The number of ether oxygens (including phenoxy) is 4. The molecule has 0 amide bonds. The lowest BCUT2D eigenvalue weighted by Gasteiger charge is -2.23. The fourth-order valence-corrected chi connectivity index (χ4v) is 2.80. The minimum Gasteiger partial charge on any atom is -0.463 e. The Morgan fingerprint density at radius 1 is 1.15 bits per heavy atom. The van der Waals surface area contributed by atoms with E-state index in [0.29, 0.717) is 0 Å². The Morgan fingerprint density at radius 2 is 1.74 bits per heavy atom. The van der Waals surface area contributed by atoms with Crippen molar-refractivity contribution in [1.82, 2.24) is 14.8 Å². The number of nitrogens with zero attached hydrogens (tertiary/aromatic N) is 2. The molecule has 2 rings (SSSR count). The third-order valence-electron chi connectivity index (χ3n) is 3.60. The van der Waals surface area contributed by atoms with E-state index >= 15 is 0 Å². The lowest BCUT2D eigenvalue weighted by Crippen LogP contribution is -2.41. The second-order valence-corrected chi connectivity index (χ2v) is 6.19. The molecule has 0 aromatic carbocycles. The summed E-state index contributed by atoms with van der Waals surface area (Å²) in [4.78, 5) is 48.3. The molecule has 148 valence electrons. The van der Waals surface area contributed by atoms with Crippen molar-refractivity contribution in [3.63, 3.8) is 0 Å². The molecule has 0 bridgehead atoms. The molecule has 11 nitrogen and oxygen atoms in total. The molecule has 1 aromatic rings. The van der Waals surface area contributed by atoms with Crippen molar-refractivity contribution in [3.05, 3.63) is 20.8 Å². The number of hydrogen-bond donors (Lipinski definition) is 1. The largest absolute Gasteiger partial charge is 0.463 e. The van der Waals surface area contributed by atoms with Gasteiger partial charge in [-0.1, -0.05) is 0 Å². The number of aromatic nitrogens is 3. The second kappa shape index (κ2) is 8.39. The van der Waals surface area contributed by atoms with Crippen LogP contribution in [0.25, 0.3) is 0 Å². The summed E-state index contributed by atoms with van der Waals surface area (Å²) in [6, 6.07) is 0. The van der Waals surface area contributed by atoms with Gasteiger partial charge in [0.25, 0.3) is 5.56 Å². The lowest BCUT2D eigenvalue weighted by molar-refractivity contribution is -0.166. The monoisotopic (exact) mass is 401 g/mol. The SMILES string of the molecule is CC(=O)OC[C@H]1O[C@@H](n2nc(C)c(=O)[nH]c2=S)[C@H](OC(C)=O)[C@@H]1OC(C)=O. The molecule has 1 fully saturated rings. The predicted octanol–water partition coefficient (Wildman–Crippen LogP) is -0.0668. The Kier molecular flexibility index (Phi) is 6.44. The van der Waals surface area contributed by atoms with Gasteiger partial charge in [-0.3, -0.25) is 24.2 Å². The van der Waals surface area contributed by atoms with Crippen molar-refractivity contribution in [2.75, 3.05) is 6.61 Å². The summed E-state index contributed by atoms with van der Waals surface area (Å²) >= 11 is 5.10. The van der Waals surface area contributed by atoms with E-state index in [2.05, 4.69) is 10.1 Å². The van der Waals surface area contributed by atoms with E-state index < -0.39 is 48.0 Å². The Morgan fingerprint density at radius 3 is 2.30 bits per heavy atom. The summed E-state index contributed by atoms with van der Waals surface area (Å²) in [5, 5.41) is 4.06. The Bertz CT molecular complexity index is 863. The average molecular weight is 401 g/mol. The van der Waals surface area contributed by atoms with Gasteiger partial charge in [0.05, 0.1) is 0 Å². The molecule has 27 heavy (non-hydrogen) atoms. The smallest absolute Gasteiger partial charge is 0.303 e. The third kappa shape index (κ3) is 4.98. The van der Waals surface area contributed by atoms with Crippen molar-refractivity contribution >= 4 is 30.1 Å². The fraction of sp³-hybridized carbons (Fsp3) is 0.600. The van der Waals surface area contributed by atoms with Gasteiger partial charge in [-0.15, -0.1) is 0 Å². The molecular formula is C15H19N3O8S. The minimum atomic E-state index is -1.13. The number of nitrogens with one attached hydrogen (secondary N) is 1. The molecule has 0 radical (unpaired) electrons. The van der Waals surface area contributed by atoms with Gasteiger partial charge in [0.2, 0.25) is 0 Å². The summed E-state index contributed by atoms with van der Waals surface area (Å²) in [7, 11) is 0. The second-order valence-electron chi connectivity index (χ2n) is 5.81. The molecule has 1 aromatic heterocycles. The van der Waals surface area contributed by atoms with Gasteiger partial charge in [-0.25, -0.2) is 4.68 Å². The first kappa shape index (κ1) is 20.7. The normalized spacial score (nSPS) is 24.3. The maximum absolute atomic E-state index is 11.7. The molecule has 0 spiro atoms. The highest BCUT2D eigenvalue weighted by Crippen LogP contribution is 2.34. The molecule has 0 aliphatic carbocycles. The zero-order valence-corrected chi connectivity index (χ0v) is 15.9. The molecule has 1 N–H and O–H groups in total. The first-order chi connectivity index (χ1) is 12.6. The third-order valence-corrected chi connectivity index (χ3v) is 3.89. The Labute approximate surface area is 158 Å². The van der Waals surface area contributed by atoms with Gasteiger partial charge in [0.15, 0.2) is 23.2 Å². The van der Waals surface area contributed by atoms with Crippen molar-refractivity contribution < 1.29 is 33.3 Å². The molecule has 1 aliphatic rings. The molecule has 4 atom stereocenters. The summed E-state index contributed by atoms with van der Waals surface area (Å²) in [5.74, 6) is -1.88. The number of aromatic amines is 1. The van der Waals surface area contributed by atoms with Crippen molar-refractivity contribution in [2.24, 2.45) is 0 Å². The highest BCUT2D eigenvalue weighted by atomic mass is 32.1. The number of rotatable bonds is 5. The van der Waals surface area contributed by atoms with Crippen molar-refractivity contribution in [2.45, 2.75) is 52.2 Å². The summed E-state index contributed by atoms with van der Waals surface area (Å²) in [5.41, 5.74) is -0.382. The summed E-state index contributed by atoms with van der Waals surface area (Å²) in [6.45, 7) is 4.76. The zero-order chi connectivity index (χ0) is 20.3. The number of aryl methyl sites for hydroxylation is 1. The number of esters is 3. The quantitative estimate of drug-likeness (QED) is 0.405. The van der Waals surface area contributed by atoms with Gasteiger partial charge in [0.1, 0.15) is 18.4 Å².